The van der Waals surface area contributed by atoms with Crippen molar-refractivity contribution in [2.75, 3.05) is 5.43 Å². The van der Waals surface area contributed by atoms with Crippen molar-refractivity contribution >= 4 is 22.7 Å². The monoisotopic (exact) mass is 337 g/mol. The number of hydrogen-bond donors (Lipinski definition) is 1. The van der Waals surface area contributed by atoms with Gasteiger partial charge >= 0.3 is 0 Å². The lowest BCUT2D eigenvalue weighted by Crippen LogP contribution is -1.97. The number of nitrogens with one attached hydrogen (secondary N) is 1. The largest absolute Gasteiger partial charge is 0.489 e. The molecule has 0 bridgehead atoms. The standard InChI is InChI=1S/C19H19N3OS/c1-14-10-17(11-20-22-19-21-15(2)13-24-19)8-9-18(14)23-12-16-6-4-3-5-7-16/h3-11,13H,12H2,1-2H3,(H,21,22). The number of aryl methyl sites for hydroxylation is 2. The molecule has 0 atom stereocenters. The molecule has 0 aliphatic carbocycles. The number of ether oxygens (including phenoxy) is 1. The minimum atomic E-state index is 0.570. The van der Waals surface area contributed by atoms with Crippen molar-refractivity contribution in [2.24, 2.45) is 5.10 Å². The molecule has 0 radical (unpaired) electrons. The summed E-state index contributed by atoms with van der Waals surface area (Å²) >= 11 is 1.54. The van der Waals surface area contributed by atoms with Crippen molar-refractivity contribution in [3.8, 4) is 5.75 Å². The van der Waals surface area contributed by atoms with Crippen LogP contribution in [0.15, 0.2) is 59.0 Å². The Kier molecular flexibility index (Phi) is 5.23. The Morgan fingerprint density at radius 3 is 2.71 bits per heavy atom. The molecular formula is C19H19N3OS. The molecule has 0 fully saturated rings. The highest BCUT2D eigenvalue weighted by Gasteiger charge is 2.01. The molecule has 0 amide bonds. The number of nitrogens with zero attached hydrogens (tertiary/aromatic N) is 2. The van der Waals surface area contributed by atoms with Gasteiger partial charge in [0.25, 0.3) is 0 Å². The van der Waals surface area contributed by atoms with E-state index in [1.165, 1.54) is 11.3 Å². The van der Waals surface area contributed by atoms with E-state index in [1.54, 1.807) is 6.21 Å². The number of hydrazone groups is 1. The van der Waals surface area contributed by atoms with Gasteiger partial charge in [-0.25, -0.2) is 4.98 Å². The Morgan fingerprint density at radius 2 is 2.00 bits per heavy atom. The van der Waals surface area contributed by atoms with Gasteiger partial charge in [0.05, 0.1) is 11.9 Å². The fourth-order valence-corrected chi connectivity index (χ4v) is 2.85. The molecule has 0 aliphatic heterocycles. The van der Waals surface area contributed by atoms with E-state index in [0.29, 0.717) is 6.61 Å². The lowest BCUT2D eigenvalue weighted by Gasteiger charge is -2.09. The highest BCUT2D eigenvalue weighted by Crippen LogP contribution is 2.20. The van der Waals surface area contributed by atoms with Crippen LogP contribution in [-0.2, 0) is 6.61 Å². The maximum Gasteiger partial charge on any atom is 0.203 e. The molecule has 0 spiro atoms. The first kappa shape index (κ1) is 16.2. The first-order valence-electron chi connectivity index (χ1n) is 7.69. The van der Waals surface area contributed by atoms with Crippen LogP contribution in [0, 0.1) is 13.8 Å². The Hall–Kier alpha value is -2.66. The second-order valence-corrected chi connectivity index (χ2v) is 6.32. The molecule has 1 heterocycles. The number of rotatable bonds is 6. The van der Waals surface area contributed by atoms with Gasteiger partial charge in [0, 0.05) is 5.38 Å². The van der Waals surface area contributed by atoms with Gasteiger partial charge in [-0.15, -0.1) is 11.3 Å². The first-order chi connectivity index (χ1) is 11.7. The summed E-state index contributed by atoms with van der Waals surface area (Å²) in [5.41, 5.74) is 7.19. The molecule has 0 unspecified atom stereocenters. The van der Waals surface area contributed by atoms with Gasteiger partial charge in [-0.05, 0) is 48.7 Å². The number of hydrogen-bond acceptors (Lipinski definition) is 5. The zero-order valence-electron chi connectivity index (χ0n) is 13.7. The molecule has 2 aromatic carbocycles. The summed E-state index contributed by atoms with van der Waals surface area (Å²) in [6.07, 6.45) is 1.78. The summed E-state index contributed by atoms with van der Waals surface area (Å²) in [6, 6.07) is 16.2. The smallest absolute Gasteiger partial charge is 0.203 e. The van der Waals surface area contributed by atoms with Crippen LogP contribution in [0.2, 0.25) is 0 Å². The van der Waals surface area contributed by atoms with E-state index in [4.69, 9.17) is 4.74 Å². The molecular weight excluding hydrogens is 318 g/mol. The van der Waals surface area contributed by atoms with E-state index >= 15 is 0 Å². The van der Waals surface area contributed by atoms with Crippen molar-refractivity contribution in [3.05, 3.63) is 76.3 Å². The molecule has 3 aromatic rings. The van der Waals surface area contributed by atoms with E-state index in [0.717, 1.165) is 33.3 Å². The van der Waals surface area contributed by atoms with Crippen LogP contribution in [-0.4, -0.2) is 11.2 Å². The van der Waals surface area contributed by atoms with Gasteiger partial charge in [-0.2, -0.15) is 5.10 Å². The molecule has 3 rings (SSSR count). The SMILES string of the molecule is Cc1csc(NN=Cc2ccc(OCc3ccccc3)c(C)c2)n1. The van der Waals surface area contributed by atoms with Crippen LogP contribution in [0.1, 0.15) is 22.4 Å². The Labute approximate surface area is 145 Å². The van der Waals surface area contributed by atoms with Crippen molar-refractivity contribution in [3.63, 3.8) is 0 Å². The normalized spacial score (nSPS) is 10.9. The molecule has 1 aromatic heterocycles. The fraction of sp³-hybridized carbons (Fsp3) is 0.158. The van der Waals surface area contributed by atoms with Crippen LogP contribution < -0.4 is 10.2 Å². The molecule has 0 saturated heterocycles. The van der Waals surface area contributed by atoms with E-state index in [1.807, 2.05) is 49.6 Å². The summed E-state index contributed by atoms with van der Waals surface area (Å²) in [5.74, 6) is 0.888. The predicted octanol–water partition coefficient (Wildman–Crippen LogP) is 4.78. The second kappa shape index (κ2) is 7.75. The van der Waals surface area contributed by atoms with Gasteiger partial charge < -0.3 is 4.74 Å². The second-order valence-electron chi connectivity index (χ2n) is 5.46. The van der Waals surface area contributed by atoms with Crippen LogP contribution in [0.5, 0.6) is 5.75 Å². The third-order valence-electron chi connectivity index (χ3n) is 3.43. The van der Waals surface area contributed by atoms with Crippen molar-refractivity contribution in [2.45, 2.75) is 20.5 Å². The average molecular weight is 337 g/mol. The maximum absolute atomic E-state index is 5.89. The zero-order valence-corrected chi connectivity index (χ0v) is 14.5. The third-order valence-corrected chi connectivity index (χ3v) is 4.29. The molecule has 4 nitrogen and oxygen atoms in total. The highest BCUT2D eigenvalue weighted by atomic mass is 32.1. The van der Waals surface area contributed by atoms with Gasteiger partial charge in [0.1, 0.15) is 12.4 Å². The Balaban J connectivity index is 1.59. The summed E-state index contributed by atoms with van der Waals surface area (Å²) in [6.45, 7) is 4.57. The predicted molar refractivity (Wildman–Crippen MR) is 100 cm³/mol. The highest BCUT2D eigenvalue weighted by molar-refractivity contribution is 7.13. The van der Waals surface area contributed by atoms with E-state index in [9.17, 15) is 0 Å². The topological polar surface area (TPSA) is 46.5 Å². The van der Waals surface area contributed by atoms with E-state index in [2.05, 4.69) is 33.7 Å². The lowest BCUT2D eigenvalue weighted by molar-refractivity contribution is 0.304. The molecule has 0 aliphatic rings. The Bertz CT molecular complexity index is 828. The first-order valence-corrected chi connectivity index (χ1v) is 8.57. The Morgan fingerprint density at radius 1 is 1.17 bits per heavy atom. The fourth-order valence-electron chi connectivity index (χ4n) is 2.22. The van der Waals surface area contributed by atoms with Crippen LogP contribution in [0.3, 0.4) is 0 Å². The van der Waals surface area contributed by atoms with Crippen molar-refractivity contribution < 1.29 is 4.74 Å². The zero-order chi connectivity index (χ0) is 16.8. The quantitative estimate of drug-likeness (QED) is 0.520. The van der Waals surface area contributed by atoms with Crippen molar-refractivity contribution in [1.29, 1.82) is 0 Å². The molecule has 122 valence electrons. The maximum atomic E-state index is 5.89. The summed E-state index contributed by atoms with van der Waals surface area (Å²) in [5, 5.41) is 7.00. The van der Waals surface area contributed by atoms with E-state index in [-0.39, 0.29) is 0 Å². The third kappa shape index (κ3) is 4.43. The lowest BCUT2D eigenvalue weighted by atomic mass is 10.1. The summed E-state index contributed by atoms with van der Waals surface area (Å²) in [7, 11) is 0. The molecule has 0 saturated carbocycles. The number of thiazole rings is 1. The number of anilines is 1. The van der Waals surface area contributed by atoms with Crippen molar-refractivity contribution in [1.82, 2.24) is 4.98 Å². The van der Waals surface area contributed by atoms with Gasteiger partial charge in [-0.1, -0.05) is 30.3 Å². The van der Waals surface area contributed by atoms with Gasteiger partial charge in [0.2, 0.25) is 5.13 Å². The molecule has 1 N–H and O–H groups in total. The van der Waals surface area contributed by atoms with Gasteiger partial charge in [0.15, 0.2) is 0 Å². The van der Waals surface area contributed by atoms with Crippen LogP contribution >= 0.6 is 11.3 Å². The van der Waals surface area contributed by atoms with Crippen LogP contribution in [0.25, 0.3) is 0 Å². The summed E-state index contributed by atoms with van der Waals surface area (Å²) in [4.78, 5) is 4.30. The minimum Gasteiger partial charge on any atom is -0.489 e. The van der Waals surface area contributed by atoms with Gasteiger partial charge in [-0.3, -0.25) is 5.43 Å². The van der Waals surface area contributed by atoms with E-state index < -0.39 is 0 Å². The molecule has 5 heteroatoms. The summed E-state index contributed by atoms with van der Waals surface area (Å²) < 4.78 is 5.89. The number of aromatic nitrogens is 1. The number of benzene rings is 2. The van der Waals surface area contributed by atoms with Crippen LogP contribution in [0.4, 0.5) is 5.13 Å². The molecule has 24 heavy (non-hydrogen) atoms. The minimum absolute atomic E-state index is 0.570. The average Bonchev–Trinajstić information content (AvgIpc) is 3.00.